The maximum absolute atomic E-state index is 12.5. The molecule has 2 aliphatic rings. The van der Waals surface area contributed by atoms with Crippen molar-refractivity contribution in [2.75, 3.05) is 24.6 Å². The molecule has 2 fully saturated rings. The third-order valence-corrected chi connectivity index (χ3v) is 5.66. The highest BCUT2D eigenvalue weighted by molar-refractivity contribution is 7.85. The van der Waals surface area contributed by atoms with Crippen molar-refractivity contribution in [2.24, 2.45) is 5.92 Å². The Balaban J connectivity index is 1.86. The summed E-state index contributed by atoms with van der Waals surface area (Å²) in [7, 11) is -0.738. The standard InChI is InChI=1S/C15H27NO3S/c1-3-14(19-13-6-4-5-12(2)11-13)15(17)16-7-9-20(18)10-8-16/h12-14H,3-11H2,1-2H3. The zero-order valence-corrected chi connectivity index (χ0v) is 13.5. The van der Waals surface area contributed by atoms with E-state index in [9.17, 15) is 9.00 Å². The van der Waals surface area contributed by atoms with Gasteiger partial charge in [0.2, 0.25) is 0 Å². The van der Waals surface area contributed by atoms with E-state index < -0.39 is 10.8 Å². The third-order valence-electron chi connectivity index (χ3n) is 4.38. The normalized spacial score (nSPS) is 30.2. The van der Waals surface area contributed by atoms with E-state index in [4.69, 9.17) is 4.74 Å². The summed E-state index contributed by atoms with van der Waals surface area (Å²) in [5, 5.41) is 0. The number of ether oxygens (including phenoxy) is 1. The van der Waals surface area contributed by atoms with E-state index in [1.54, 1.807) is 0 Å². The number of carbonyl (C=O) groups excluding carboxylic acids is 1. The molecule has 0 aromatic heterocycles. The van der Waals surface area contributed by atoms with Crippen LogP contribution in [0.4, 0.5) is 0 Å². The molecule has 20 heavy (non-hydrogen) atoms. The van der Waals surface area contributed by atoms with Crippen LogP contribution in [0.15, 0.2) is 0 Å². The molecule has 2 rings (SSSR count). The summed E-state index contributed by atoms with van der Waals surface area (Å²) in [5.41, 5.74) is 0. The molecule has 0 aromatic rings. The van der Waals surface area contributed by atoms with Crippen LogP contribution in [-0.4, -0.2) is 51.8 Å². The summed E-state index contributed by atoms with van der Waals surface area (Å²) in [5.74, 6) is 2.03. The Bertz CT molecular complexity index is 351. The largest absolute Gasteiger partial charge is 0.365 e. The lowest BCUT2D eigenvalue weighted by atomic mass is 9.88. The number of rotatable bonds is 4. The fourth-order valence-electron chi connectivity index (χ4n) is 3.13. The smallest absolute Gasteiger partial charge is 0.251 e. The fraction of sp³-hybridized carbons (Fsp3) is 0.933. The predicted octanol–water partition coefficient (Wildman–Crippen LogP) is 1.95. The Hall–Kier alpha value is -0.420. The minimum absolute atomic E-state index is 0.0995. The molecule has 1 saturated heterocycles. The van der Waals surface area contributed by atoms with Crippen molar-refractivity contribution in [1.29, 1.82) is 0 Å². The first-order valence-electron chi connectivity index (χ1n) is 7.89. The molecule has 0 N–H and O–H groups in total. The fourth-order valence-corrected chi connectivity index (χ4v) is 4.18. The van der Waals surface area contributed by atoms with Gasteiger partial charge in [0.1, 0.15) is 6.10 Å². The van der Waals surface area contributed by atoms with Gasteiger partial charge >= 0.3 is 0 Å². The summed E-state index contributed by atoms with van der Waals surface area (Å²) < 4.78 is 17.5. The summed E-state index contributed by atoms with van der Waals surface area (Å²) in [6, 6.07) is 0. The van der Waals surface area contributed by atoms with Crippen molar-refractivity contribution in [3.8, 4) is 0 Å². The van der Waals surface area contributed by atoms with Gasteiger partial charge in [-0.25, -0.2) is 0 Å². The Morgan fingerprint density at radius 2 is 2.05 bits per heavy atom. The Morgan fingerprint density at radius 1 is 1.35 bits per heavy atom. The number of hydrogen-bond acceptors (Lipinski definition) is 3. The van der Waals surface area contributed by atoms with Crippen LogP contribution < -0.4 is 0 Å². The van der Waals surface area contributed by atoms with Gasteiger partial charge in [-0.3, -0.25) is 9.00 Å². The summed E-state index contributed by atoms with van der Waals surface area (Å²) in [6.45, 7) is 5.51. The molecule has 5 heteroatoms. The van der Waals surface area contributed by atoms with Gasteiger partial charge < -0.3 is 9.64 Å². The van der Waals surface area contributed by atoms with Crippen molar-refractivity contribution in [3.05, 3.63) is 0 Å². The Morgan fingerprint density at radius 3 is 2.65 bits per heavy atom. The maximum atomic E-state index is 12.5. The van der Waals surface area contributed by atoms with Gasteiger partial charge in [0, 0.05) is 35.4 Å². The third kappa shape index (κ3) is 4.29. The van der Waals surface area contributed by atoms with E-state index in [0.717, 1.165) is 19.3 Å². The number of nitrogens with zero attached hydrogens (tertiary/aromatic N) is 1. The molecule has 1 amide bonds. The van der Waals surface area contributed by atoms with E-state index in [-0.39, 0.29) is 18.1 Å². The van der Waals surface area contributed by atoms with E-state index in [0.29, 0.717) is 30.5 Å². The molecule has 0 radical (unpaired) electrons. The molecule has 1 aliphatic heterocycles. The summed E-state index contributed by atoms with van der Waals surface area (Å²) >= 11 is 0. The van der Waals surface area contributed by atoms with Gasteiger partial charge in [-0.05, 0) is 25.2 Å². The van der Waals surface area contributed by atoms with Crippen LogP contribution in [0.1, 0.15) is 46.0 Å². The SMILES string of the molecule is CCC(OC1CCCC(C)C1)C(=O)N1CCS(=O)CC1. The van der Waals surface area contributed by atoms with Crippen molar-refractivity contribution in [2.45, 2.75) is 58.2 Å². The summed E-state index contributed by atoms with van der Waals surface area (Å²) in [6.07, 6.45) is 5.31. The molecule has 4 nitrogen and oxygen atoms in total. The van der Waals surface area contributed by atoms with Gasteiger partial charge in [-0.2, -0.15) is 0 Å². The quantitative estimate of drug-likeness (QED) is 0.797. The van der Waals surface area contributed by atoms with E-state index in [1.165, 1.54) is 12.8 Å². The minimum atomic E-state index is -0.738. The molecule has 0 aromatic carbocycles. The molecule has 1 heterocycles. The van der Waals surface area contributed by atoms with E-state index >= 15 is 0 Å². The van der Waals surface area contributed by atoms with Crippen LogP contribution in [0.25, 0.3) is 0 Å². The topological polar surface area (TPSA) is 46.6 Å². The first-order chi connectivity index (χ1) is 9.60. The van der Waals surface area contributed by atoms with Crippen LogP contribution in [0.2, 0.25) is 0 Å². The van der Waals surface area contributed by atoms with Gasteiger partial charge in [0.05, 0.1) is 6.10 Å². The Labute approximate surface area is 124 Å². The second kappa shape index (κ2) is 7.55. The highest BCUT2D eigenvalue weighted by atomic mass is 32.2. The van der Waals surface area contributed by atoms with E-state index in [2.05, 4.69) is 6.92 Å². The molecule has 1 saturated carbocycles. The molecule has 0 bridgehead atoms. The molecular weight excluding hydrogens is 274 g/mol. The second-order valence-corrected chi connectivity index (χ2v) is 7.80. The molecule has 116 valence electrons. The molecule has 3 unspecified atom stereocenters. The van der Waals surface area contributed by atoms with Crippen molar-refractivity contribution < 1.29 is 13.7 Å². The molecular formula is C15H27NO3S. The van der Waals surface area contributed by atoms with Crippen LogP contribution in [-0.2, 0) is 20.3 Å². The van der Waals surface area contributed by atoms with Crippen molar-refractivity contribution >= 4 is 16.7 Å². The highest BCUT2D eigenvalue weighted by Crippen LogP contribution is 2.27. The maximum Gasteiger partial charge on any atom is 0.251 e. The highest BCUT2D eigenvalue weighted by Gasteiger charge is 2.30. The second-order valence-electron chi connectivity index (χ2n) is 6.10. The lowest BCUT2D eigenvalue weighted by Crippen LogP contribution is -2.48. The molecule has 1 aliphatic carbocycles. The van der Waals surface area contributed by atoms with Crippen molar-refractivity contribution in [3.63, 3.8) is 0 Å². The minimum Gasteiger partial charge on any atom is -0.365 e. The van der Waals surface area contributed by atoms with E-state index in [1.807, 2.05) is 11.8 Å². The first-order valence-corrected chi connectivity index (χ1v) is 9.38. The average Bonchev–Trinajstić information content (AvgIpc) is 2.45. The zero-order chi connectivity index (χ0) is 14.5. The van der Waals surface area contributed by atoms with Crippen LogP contribution in [0.3, 0.4) is 0 Å². The van der Waals surface area contributed by atoms with Gasteiger partial charge in [0.15, 0.2) is 0 Å². The lowest BCUT2D eigenvalue weighted by molar-refractivity contribution is -0.149. The number of carbonyl (C=O) groups is 1. The van der Waals surface area contributed by atoms with Crippen LogP contribution in [0.5, 0.6) is 0 Å². The zero-order valence-electron chi connectivity index (χ0n) is 12.7. The van der Waals surface area contributed by atoms with Gasteiger partial charge in [0.25, 0.3) is 5.91 Å². The lowest BCUT2D eigenvalue weighted by Gasteiger charge is -2.33. The summed E-state index contributed by atoms with van der Waals surface area (Å²) in [4.78, 5) is 14.3. The average molecular weight is 301 g/mol. The van der Waals surface area contributed by atoms with Crippen molar-refractivity contribution in [1.82, 2.24) is 4.90 Å². The Kier molecular flexibility index (Phi) is 6.02. The molecule has 3 atom stereocenters. The van der Waals surface area contributed by atoms with Gasteiger partial charge in [-0.1, -0.05) is 26.7 Å². The number of hydrogen-bond donors (Lipinski definition) is 0. The predicted molar refractivity (Wildman–Crippen MR) is 81.0 cm³/mol. The van der Waals surface area contributed by atoms with Crippen LogP contribution in [0, 0.1) is 5.92 Å². The molecule has 0 spiro atoms. The number of amides is 1. The first kappa shape index (κ1) is 16.0. The van der Waals surface area contributed by atoms with Crippen LogP contribution >= 0.6 is 0 Å². The monoisotopic (exact) mass is 301 g/mol. The van der Waals surface area contributed by atoms with Gasteiger partial charge in [-0.15, -0.1) is 0 Å².